The number of carbonyl (C=O) groups is 1. The molecule has 17 heavy (non-hydrogen) atoms. The van der Waals surface area contributed by atoms with Crippen LogP contribution in [0, 0.1) is 0 Å². The van der Waals surface area contributed by atoms with Gasteiger partial charge in [0.05, 0.1) is 5.75 Å². The van der Waals surface area contributed by atoms with Crippen LogP contribution in [-0.2, 0) is 15.8 Å². The number of hydrogen-bond acceptors (Lipinski definition) is 4. The first kappa shape index (κ1) is 13.3. The summed E-state index contributed by atoms with van der Waals surface area (Å²) in [5, 5.41) is 2.35. The summed E-state index contributed by atoms with van der Waals surface area (Å²) in [6.07, 6.45) is 0. The summed E-state index contributed by atoms with van der Waals surface area (Å²) in [5.74, 6) is -0.260. The zero-order valence-corrected chi connectivity index (χ0v) is 10.3. The quantitative estimate of drug-likeness (QED) is 0.680. The molecule has 0 aromatic heterocycles. The summed E-state index contributed by atoms with van der Waals surface area (Å²) in [4.78, 5) is 11.1. The Morgan fingerprint density at radius 1 is 1.29 bits per heavy atom. The van der Waals surface area contributed by atoms with Crippen LogP contribution in [0.2, 0.25) is 0 Å². The Morgan fingerprint density at radius 2 is 1.88 bits per heavy atom. The minimum atomic E-state index is -3.67. The minimum Gasteiger partial charge on any atom is -0.399 e. The van der Waals surface area contributed by atoms with Crippen LogP contribution in [-0.4, -0.2) is 21.0 Å². The van der Waals surface area contributed by atoms with Gasteiger partial charge in [0.2, 0.25) is 10.0 Å². The second kappa shape index (κ2) is 5.53. The van der Waals surface area contributed by atoms with Crippen molar-refractivity contribution in [3.8, 4) is 0 Å². The lowest BCUT2D eigenvalue weighted by Gasteiger charge is -2.07. The number of carbonyl (C=O) groups excluding carboxylic acids is 1. The number of nitrogens with one attached hydrogen (secondary N) is 2. The molecule has 0 aliphatic carbocycles. The van der Waals surface area contributed by atoms with Gasteiger partial charge in [-0.25, -0.2) is 17.9 Å². The number of rotatable bonds is 4. The van der Waals surface area contributed by atoms with Crippen molar-refractivity contribution >= 4 is 21.7 Å². The van der Waals surface area contributed by atoms with Gasteiger partial charge in [-0.05, 0) is 24.6 Å². The Balaban J connectivity index is 2.66. The monoisotopic (exact) mass is 257 g/mol. The number of anilines is 1. The van der Waals surface area contributed by atoms with Crippen molar-refractivity contribution in [2.24, 2.45) is 0 Å². The van der Waals surface area contributed by atoms with Crippen LogP contribution in [0.4, 0.5) is 10.5 Å². The van der Waals surface area contributed by atoms with Crippen molar-refractivity contribution in [1.82, 2.24) is 10.0 Å². The average molecular weight is 257 g/mol. The predicted molar refractivity (Wildman–Crippen MR) is 65.7 cm³/mol. The summed E-state index contributed by atoms with van der Waals surface area (Å²) in [5.41, 5.74) is 6.61. The molecule has 0 unspecified atom stereocenters. The van der Waals surface area contributed by atoms with Gasteiger partial charge in [-0.1, -0.05) is 12.1 Å². The van der Waals surface area contributed by atoms with Crippen LogP contribution < -0.4 is 15.8 Å². The lowest BCUT2D eigenvalue weighted by molar-refractivity contribution is 0.246. The maximum Gasteiger partial charge on any atom is 0.328 e. The van der Waals surface area contributed by atoms with Gasteiger partial charge in [-0.3, -0.25) is 0 Å². The topological polar surface area (TPSA) is 101 Å². The van der Waals surface area contributed by atoms with Gasteiger partial charge in [-0.15, -0.1) is 0 Å². The highest BCUT2D eigenvalue weighted by molar-refractivity contribution is 7.89. The van der Waals surface area contributed by atoms with Gasteiger partial charge < -0.3 is 11.1 Å². The Bertz CT molecular complexity index is 482. The third kappa shape index (κ3) is 4.73. The molecule has 0 aliphatic rings. The normalized spacial score (nSPS) is 10.9. The molecule has 0 saturated heterocycles. The number of urea groups is 1. The molecular weight excluding hydrogens is 242 g/mol. The zero-order chi connectivity index (χ0) is 12.9. The van der Waals surface area contributed by atoms with Crippen molar-refractivity contribution in [3.05, 3.63) is 29.8 Å². The number of benzene rings is 1. The number of nitrogen functional groups attached to an aromatic ring is 1. The lowest BCUT2D eigenvalue weighted by atomic mass is 10.2. The Labute approximate surface area is 100 Å². The maximum absolute atomic E-state index is 11.6. The molecule has 6 nitrogen and oxygen atoms in total. The summed E-state index contributed by atoms with van der Waals surface area (Å²) in [6.45, 7) is 2.06. The first-order chi connectivity index (χ1) is 7.93. The zero-order valence-electron chi connectivity index (χ0n) is 9.43. The second-order valence-corrected chi connectivity index (χ2v) is 5.18. The molecule has 1 aromatic carbocycles. The molecule has 4 N–H and O–H groups in total. The van der Waals surface area contributed by atoms with E-state index < -0.39 is 16.1 Å². The molecule has 94 valence electrons. The van der Waals surface area contributed by atoms with Crippen LogP contribution in [0.15, 0.2) is 24.3 Å². The largest absolute Gasteiger partial charge is 0.399 e. The smallest absolute Gasteiger partial charge is 0.328 e. The van der Waals surface area contributed by atoms with Crippen molar-refractivity contribution in [3.63, 3.8) is 0 Å². The first-order valence-electron chi connectivity index (χ1n) is 5.05. The molecule has 0 fully saturated rings. The van der Waals surface area contributed by atoms with E-state index in [1.165, 1.54) is 0 Å². The molecular formula is C10H15N3O3S. The molecule has 1 rings (SSSR count). The van der Waals surface area contributed by atoms with Crippen LogP contribution in [0.5, 0.6) is 0 Å². The fourth-order valence-corrected chi connectivity index (χ4v) is 2.27. The summed E-state index contributed by atoms with van der Waals surface area (Å²) in [6, 6.07) is 5.70. The molecule has 1 aromatic rings. The number of hydrogen-bond donors (Lipinski definition) is 3. The maximum atomic E-state index is 11.6. The Kier molecular flexibility index (Phi) is 4.33. The number of sulfonamides is 1. The van der Waals surface area contributed by atoms with Gasteiger partial charge >= 0.3 is 6.03 Å². The van der Waals surface area contributed by atoms with E-state index >= 15 is 0 Å². The van der Waals surface area contributed by atoms with E-state index in [2.05, 4.69) is 5.32 Å². The van der Waals surface area contributed by atoms with Gasteiger partial charge in [0.15, 0.2) is 0 Å². The van der Waals surface area contributed by atoms with E-state index in [1.54, 1.807) is 31.2 Å². The molecule has 0 heterocycles. The van der Waals surface area contributed by atoms with E-state index in [0.717, 1.165) is 0 Å². The molecule has 0 aliphatic heterocycles. The van der Waals surface area contributed by atoms with Crippen LogP contribution in [0.3, 0.4) is 0 Å². The number of amides is 2. The molecule has 2 amide bonds. The third-order valence-corrected chi connectivity index (χ3v) is 3.13. The van der Waals surface area contributed by atoms with Gasteiger partial charge in [-0.2, -0.15) is 0 Å². The van der Waals surface area contributed by atoms with Crippen molar-refractivity contribution in [1.29, 1.82) is 0 Å². The fourth-order valence-electron chi connectivity index (χ4n) is 1.21. The van der Waals surface area contributed by atoms with Crippen LogP contribution in [0.25, 0.3) is 0 Å². The van der Waals surface area contributed by atoms with Gasteiger partial charge in [0, 0.05) is 12.2 Å². The molecule has 0 radical (unpaired) electrons. The molecule has 0 spiro atoms. The summed E-state index contributed by atoms with van der Waals surface area (Å²) >= 11 is 0. The van der Waals surface area contributed by atoms with Gasteiger partial charge in [0.25, 0.3) is 0 Å². The van der Waals surface area contributed by atoms with Crippen molar-refractivity contribution in [2.45, 2.75) is 12.7 Å². The standard InChI is InChI=1S/C10H15N3O3S/c1-2-12-10(14)13-17(15,16)7-8-3-5-9(11)6-4-8/h3-6H,2,7,11H2,1H3,(H2,12,13,14). The third-order valence-electron chi connectivity index (χ3n) is 1.92. The Morgan fingerprint density at radius 3 is 2.41 bits per heavy atom. The fraction of sp³-hybridized carbons (Fsp3) is 0.300. The van der Waals surface area contributed by atoms with E-state index in [-0.39, 0.29) is 5.75 Å². The molecule has 0 bridgehead atoms. The van der Waals surface area contributed by atoms with E-state index in [1.807, 2.05) is 4.72 Å². The highest BCUT2D eigenvalue weighted by Gasteiger charge is 2.14. The number of nitrogens with two attached hydrogens (primary N) is 1. The van der Waals surface area contributed by atoms with Crippen molar-refractivity contribution < 1.29 is 13.2 Å². The Hall–Kier alpha value is -1.76. The molecule has 0 saturated carbocycles. The second-order valence-electron chi connectivity index (χ2n) is 3.46. The first-order valence-corrected chi connectivity index (χ1v) is 6.71. The molecule has 0 atom stereocenters. The molecule has 7 heteroatoms. The summed E-state index contributed by atoms with van der Waals surface area (Å²) in [7, 11) is -3.67. The van der Waals surface area contributed by atoms with Crippen LogP contribution in [0.1, 0.15) is 12.5 Å². The van der Waals surface area contributed by atoms with E-state index in [4.69, 9.17) is 5.73 Å². The highest BCUT2D eigenvalue weighted by Crippen LogP contribution is 2.08. The summed E-state index contributed by atoms with van der Waals surface area (Å²) < 4.78 is 25.0. The van der Waals surface area contributed by atoms with E-state index in [0.29, 0.717) is 17.8 Å². The van der Waals surface area contributed by atoms with E-state index in [9.17, 15) is 13.2 Å². The van der Waals surface area contributed by atoms with Crippen molar-refractivity contribution in [2.75, 3.05) is 12.3 Å². The van der Waals surface area contributed by atoms with Crippen LogP contribution >= 0.6 is 0 Å². The minimum absolute atomic E-state index is 0.260. The SMILES string of the molecule is CCNC(=O)NS(=O)(=O)Cc1ccc(N)cc1. The predicted octanol–water partition coefficient (Wildman–Crippen LogP) is 0.418. The highest BCUT2D eigenvalue weighted by atomic mass is 32.2. The lowest BCUT2D eigenvalue weighted by Crippen LogP contribution is -2.39. The van der Waals surface area contributed by atoms with Gasteiger partial charge in [0.1, 0.15) is 0 Å². The average Bonchev–Trinajstić information content (AvgIpc) is 2.20.